The third kappa shape index (κ3) is 3.11. The van der Waals surface area contributed by atoms with E-state index in [4.69, 9.17) is 5.84 Å². The molecule has 7 heteroatoms. The molecule has 20 heavy (non-hydrogen) atoms. The van der Waals surface area contributed by atoms with Gasteiger partial charge in [-0.05, 0) is 46.1 Å². The van der Waals surface area contributed by atoms with Gasteiger partial charge in [0.1, 0.15) is 5.82 Å². The Kier molecular flexibility index (Phi) is 5.31. The van der Waals surface area contributed by atoms with Crippen LogP contribution in [0.5, 0.6) is 0 Å². The Balaban J connectivity index is 2.52. The van der Waals surface area contributed by atoms with Gasteiger partial charge in [-0.15, -0.1) is 0 Å². The predicted octanol–water partition coefficient (Wildman–Crippen LogP) is 3.51. The number of rotatable bonds is 5. The minimum absolute atomic E-state index is 0.305. The highest BCUT2D eigenvalue weighted by molar-refractivity contribution is 9.10. The first-order valence-corrected chi connectivity index (χ1v) is 7.79. The second-order valence-electron chi connectivity index (χ2n) is 4.37. The van der Waals surface area contributed by atoms with Gasteiger partial charge in [0.2, 0.25) is 0 Å². The van der Waals surface area contributed by atoms with Crippen LogP contribution in [0.25, 0.3) is 0 Å². The number of aromatic nitrogens is 2. The van der Waals surface area contributed by atoms with Gasteiger partial charge in [-0.25, -0.2) is 9.82 Å². The van der Waals surface area contributed by atoms with Gasteiger partial charge in [-0.1, -0.05) is 22.9 Å². The van der Waals surface area contributed by atoms with E-state index in [0.29, 0.717) is 0 Å². The molecular formula is C13H15Br2FN4. The topological polar surface area (TPSA) is 55.9 Å². The molecule has 1 aromatic carbocycles. The molecule has 0 spiro atoms. The number of nitrogens with one attached hydrogen (secondary N) is 1. The van der Waals surface area contributed by atoms with Gasteiger partial charge in [-0.2, -0.15) is 5.10 Å². The summed E-state index contributed by atoms with van der Waals surface area (Å²) in [7, 11) is 0. The number of hydrazine groups is 1. The highest BCUT2D eigenvalue weighted by Gasteiger charge is 2.23. The van der Waals surface area contributed by atoms with Crippen molar-refractivity contribution in [3.8, 4) is 0 Å². The molecule has 1 unspecified atom stereocenters. The molecule has 108 valence electrons. The van der Waals surface area contributed by atoms with Crippen molar-refractivity contribution in [2.45, 2.75) is 25.9 Å². The average Bonchev–Trinajstić information content (AvgIpc) is 2.77. The van der Waals surface area contributed by atoms with E-state index in [2.05, 4.69) is 49.3 Å². The molecule has 0 aliphatic heterocycles. The first kappa shape index (κ1) is 15.6. The molecule has 0 aliphatic rings. The molecule has 0 aliphatic carbocycles. The number of halogens is 3. The van der Waals surface area contributed by atoms with Gasteiger partial charge in [0.25, 0.3) is 0 Å². The molecule has 0 saturated carbocycles. The van der Waals surface area contributed by atoms with Crippen LogP contribution in [-0.4, -0.2) is 9.78 Å². The molecule has 2 rings (SSSR count). The van der Waals surface area contributed by atoms with Gasteiger partial charge in [0.15, 0.2) is 0 Å². The zero-order valence-corrected chi connectivity index (χ0v) is 14.1. The van der Waals surface area contributed by atoms with Crippen LogP contribution in [0, 0.1) is 5.82 Å². The van der Waals surface area contributed by atoms with E-state index < -0.39 is 0 Å². The van der Waals surface area contributed by atoms with E-state index in [9.17, 15) is 4.39 Å². The highest BCUT2D eigenvalue weighted by atomic mass is 79.9. The third-order valence-corrected chi connectivity index (χ3v) is 4.31. The Hall–Kier alpha value is -0.760. The average molecular weight is 406 g/mol. The quantitative estimate of drug-likeness (QED) is 0.591. The Labute approximate surface area is 133 Å². The Morgan fingerprint density at radius 1 is 1.40 bits per heavy atom. The molecule has 1 aromatic heterocycles. The zero-order chi connectivity index (χ0) is 14.7. The summed E-state index contributed by atoms with van der Waals surface area (Å²) < 4.78 is 17.0. The molecule has 0 fully saturated rings. The first-order chi connectivity index (χ1) is 9.58. The van der Waals surface area contributed by atoms with Crippen LogP contribution >= 0.6 is 31.9 Å². The van der Waals surface area contributed by atoms with Crippen LogP contribution in [0.2, 0.25) is 0 Å². The van der Waals surface area contributed by atoms with Crippen molar-refractivity contribution >= 4 is 31.9 Å². The summed E-state index contributed by atoms with van der Waals surface area (Å²) in [6, 6.07) is 4.18. The second kappa shape index (κ2) is 6.80. The third-order valence-electron chi connectivity index (χ3n) is 2.98. The van der Waals surface area contributed by atoms with Crippen molar-refractivity contribution < 1.29 is 4.39 Å². The fraction of sp³-hybridized carbons (Fsp3) is 0.308. The van der Waals surface area contributed by atoms with E-state index in [1.807, 2.05) is 4.68 Å². The second-order valence-corrected chi connectivity index (χ2v) is 6.08. The molecule has 1 atom stereocenters. The SMILES string of the molecule is CCCn1ncc(Br)c1C(NN)c1cc(F)ccc1Br. The lowest BCUT2D eigenvalue weighted by Gasteiger charge is -2.20. The van der Waals surface area contributed by atoms with E-state index in [-0.39, 0.29) is 11.9 Å². The lowest BCUT2D eigenvalue weighted by molar-refractivity contribution is 0.516. The molecule has 0 amide bonds. The molecule has 2 aromatic rings. The summed E-state index contributed by atoms with van der Waals surface area (Å²) in [5.74, 6) is 5.39. The van der Waals surface area contributed by atoms with Gasteiger partial charge in [-0.3, -0.25) is 10.5 Å². The van der Waals surface area contributed by atoms with E-state index >= 15 is 0 Å². The van der Waals surface area contributed by atoms with Crippen molar-refractivity contribution in [3.05, 3.63) is 50.4 Å². The minimum Gasteiger partial charge on any atom is -0.271 e. The summed E-state index contributed by atoms with van der Waals surface area (Å²) in [6.07, 6.45) is 2.67. The Bertz CT molecular complexity index is 600. The maximum atomic E-state index is 13.5. The molecule has 4 nitrogen and oxygen atoms in total. The molecule has 3 N–H and O–H groups in total. The smallest absolute Gasteiger partial charge is 0.123 e. The molecule has 0 radical (unpaired) electrons. The molecule has 0 bridgehead atoms. The van der Waals surface area contributed by atoms with Crippen molar-refractivity contribution in [1.29, 1.82) is 0 Å². The number of hydrogen-bond donors (Lipinski definition) is 2. The van der Waals surface area contributed by atoms with E-state index in [1.165, 1.54) is 12.1 Å². The number of aryl methyl sites for hydroxylation is 1. The van der Waals surface area contributed by atoms with Crippen LogP contribution in [-0.2, 0) is 6.54 Å². The number of benzene rings is 1. The maximum Gasteiger partial charge on any atom is 0.123 e. The first-order valence-electron chi connectivity index (χ1n) is 6.20. The van der Waals surface area contributed by atoms with Gasteiger partial charge in [0.05, 0.1) is 22.4 Å². The van der Waals surface area contributed by atoms with Crippen LogP contribution in [0.15, 0.2) is 33.3 Å². The van der Waals surface area contributed by atoms with Gasteiger partial charge in [0, 0.05) is 11.0 Å². The molecular weight excluding hydrogens is 391 g/mol. The number of hydrogen-bond acceptors (Lipinski definition) is 3. The minimum atomic E-state index is -0.358. The largest absolute Gasteiger partial charge is 0.271 e. The Morgan fingerprint density at radius 2 is 2.15 bits per heavy atom. The predicted molar refractivity (Wildman–Crippen MR) is 83.5 cm³/mol. The van der Waals surface area contributed by atoms with Crippen LogP contribution in [0.4, 0.5) is 4.39 Å². The summed E-state index contributed by atoms with van der Waals surface area (Å²) in [5, 5.41) is 4.32. The van der Waals surface area contributed by atoms with E-state index in [0.717, 1.165) is 33.2 Å². The fourth-order valence-electron chi connectivity index (χ4n) is 2.10. The van der Waals surface area contributed by atoms with Crippen molar-refractivity contribution in [3.63, 3.8) is 0 Å². The fourth-order valence-corrected chi connectivity index (χ4v) is 3.10. The lowest BCUT2D eigenvalue weighted by Crippen LogP contribution is -2.31. The molecule has 0 saturated heterocycles. The van der Waals surface area contributed by atoms with Crippen molar-refractivity contribution in [2.75, 3.05) is 0 Å². The summed E-state index contributed by atoms with van der Waals surface area (Å²) in [6.45, 7) is 2.84. The maximum absolute atomic E-state index is 13.5. The van der Waals surface area contributed by atoms with Gasteiger partial charge >= 0.3 is 0 Å². The van der Waals surface area contributed by atoms with Crippen molar-refractivity contribution in [1.82, 2.24) is 15.2 Å². The van der Waals surface area contributed by atoms with E-state index in [1.54, 1.807) is 12.3 Å². The number of nitrogens with zero attached hydrogens (tertiary/aromatic N) is 2. The highest BCUT2D eigenvalue weighted by Crippen LogP contribution is 2.32. The summed E-state index contributed by atoms with van der Waals surface area (Å²) >= 11 is 6.92. The summed E-state index contributed by atoms with van der Waals surface area (Å²) in [5.41, 5.74) is 4.34. The monoisotopic (exact) mass is 404 g/mol. The normalized spacial score (nSPS) is 12.7. The van der Waals surface area contributed by atoms with Crippen LogP contribution in [0.1, 0.15) is 30.6 Å². The summed E-state index contributed by atoms with van der Waals surface area (Å²) in [4.78, 5) is 0. The Morgan fingerprint density at radius 3 is 2.80 bits per heavy atom. The van der Waals surface area contributed by atoms with Crippen LogP contribution in [0.3, 0.4) is 0 Å². The van der Waals surface area contributed by atoms with Gasteiger partial charge < -0.3 is 0 Å². The zero-order valence-electron chi connectivity index (χ0n) is 10.9. The number of nitrogens with two attached hydrogens (primary N) is 1. The lowest BCUT2D eigenvalue weighted by atomic mass is 10.0. The van der Waals surface area contributed by atoms with Crippen LogP contribution < -0.4 is 11.3 Å². The van der Waals surface area contributed by atoms with Crippen molar-refractivity contribution in [2.24, 2.45) is 5.84 Å². The standard InChI is InChI=1S/C13H15Br2FN4/c1-2-5-20-13(11(15)7-18-20)12(19-17)9-6-8(16)3-4-10(9)14/h3-4,6-7,12,19H,2,5,17H2,1H3. The molecule has 1 heterocycles.